The van der Waals surface area contributed by atoms with E-state index in [9.17, 15) is 14.7 Å². The molecule has 2 atom stereocenters. The van der Waals surface area contributed by atoms with E-state index >= 15 is 0 Å². The lowest BCUT2D eigenvalue weighted by Crippen LogP contribution is -2.49. The molecule has 25 heavy (non-hydrogen) atoms. The molecule has 1 fully saturated rings. The Kier molecular flexibility index (Phi) is 6.69. The number of carboxylic acid groups (broad SMARTS) is 1. The summed E-state index contributed by atoms with van der Waals surface area (Å²) >= 11 is 0. The Labute approximate surface area is 151 Å². The molecule has 0 aromatic heterocycles. The normalized spacial score (nSPS) is 23.1. The molecule has 0 bridgehead atoms. The van der Waals surface area contributed by atoms with Gasteiger partial charge in [-0.05, 0) is 38.9 Å². The van der Waals surface area contributed by atoms with E-state index in [1.807, 2.05) is 0 Å². The molecule has 1 aliphatic heterocycles. The summed E-state index contributed by atoms with van der Waals surface area (Å²) in [6.45, 7) is 16.3. The minimum absolute atomic E-state index is 0.00223. The Morgan fingerprint density at radius 3 is 2.12 bits per heavy atom. The fourth-order valence-electron chi connectivity index (χ4n) is 2.14. The van der Waals surface area contributed by atoms with Crippen molar-refractivity contribution >= 4 is 20.4 Å². The van der Waals surface area contributed by atoms with Gasteiger partial charge < -0.3 is 23.9 Å². The van der Waals surface area contributed by atoms with Gasteiger partial charge in [0, 0.05) is 0 Å². The maximum absolute atomic E-state index is 12.5. The number of hydrogen-bond donors (Lipinski definition) is 1. The smallest absolute Gasteiger partial charge is 0.410 e. The number of nitrogens with zero attached hydrogens (tertiary/aromatic N) is 1. The highest BCUT2D eigenvalue weighted by molar-refractivity contribution is 6.74. The van der Waals surface area contributed by atoms with Crippen molar-refractivity contribution in [1.29, 1.82) is 0 Å². The third-order valence-corrected chi connectivity index (χ3v) is 9.02. The van der Waals surface area contributed by atoms with Gasteiger partial charge in [-0.2, -0.15) is 0 Å². The van der Waals surface area contributed by atoms with Crippen LogP contribution >= 0.6 is 0 Å². The third kappa shape index (κ3) is 6.60. The van der Waals surface area contributed by atoms with Crippen LogP contribution in [-0.2, 0) is 18.7 Å². The van der Waals surface area contributed by atoms with Gasteiger partial charge in [0.05, 0.1) is 25.8 Å². The zero-order valence-electron chi connectivity index (χ0n) is 16.7. The Hall–Kier alpha value is -1.12. The van der Waals surface area contributed by atoms with Gasteiger partial charge in [-0.1, -0.05) is 20.8 Å². The molecule has 0 aromatic rings. The topological polar surface area (TPSA) is 85.3 Å². The molecule has 1 amide bonds. The van der Waals surface area contributed by atoms with Crippen molar-refractivity contribution in [2.75, 3.05) is 19.7 Å². The predicted octanol–water partition coefficient (Wildman–Crippen LogP) is 3.10. The number of carbonyl (C=O) groups excluding carboxylic acids is 1. The first-order valence-corrected chi connectivity index (χ1v) is 11.5. The summed E-state index contributed by atoms with van der Waals surface area (Å²) in [5, 5.41) is 9.31. The van der Waals surface area contributed by atoms with Gasteiger partial charge in [0.2, 0.25) is 0 Å². The average molecular weight is 376 g/mol. The maximum atomic E-state index is 12.5. The summed E-state index contributed by atoms with van der Waals surface area (Å²) in [6, 6.07) is 0. The van der Waals surface area contributed by atoms with Crippen molar-refractivity contribution in [2.24, 2.45) is 0 Å². The lowest BCUT2D eigenvalue weighted by molar-refractivity contribution is -0.150. The molecule has 0 aliphatic carbocycles. The minimum Gasteiger partial charge on any atom is -0.479 e. The molecule has 0 aromatic carbocycles. The summed E-state index contributed by atoms with van der Waals surface area (Å²) in [5.41, 5.74) is -0.654. The number of rotatable bonds is 3. The zero-order valence-corrected chi connectivity index (χ0v) is 17.7. The first-order chi connectivity index (χ1) is 11.1. The largest absolute Gasteiger partial charge is 0.479 e. The van der Waals surface area contributed by atoms with Gasteiger partial charge in [0.25, 0.3) is 0 Å². The Morgan fingerprint density at radius 1 is 1.12 bits per heavy atom. The van der Waals surface area contributed by atoms with E-state index in [0.29, 0.717) is 0 Å². The van der Waals surface area contributed by atoms with Crippen LogP contribution in [0, 0.1) is 0 Å². The van der Waals surface area contributed by atoms with Gasteiger partial charge >= 0.3 is 12.1 Å². The van der Waals surface area contributed by atoms with Crippen LogP contribution < -0.4 is 0 Å². The van der Waals surface area contributed by atoms with Crippen LogP contribution in [0.25, 0.3) is 0 Å². The van der Waals surface area contributed by atoms with E-state index in [0.717, 1.165) is 0 Å². The lowest BCUT2D eigenvalue weighted by atomic mass is 10.2. The highest BCUT2D eigenvalue weighted by Crippen LogP contribution is 2.37. The summed E-state index contributed by atoms with van der Waals surface area (Å²) in [4.78, 5) is 25.2. The molecular weight excluding hydrogens is 342 g/mol. The minimum atomic E-state index is -2.08. The Morgan fingerprint density at radius 2 is 1.68 bits per heavy atom. The standard InChI is InChI=1S/C17H33NO6Si/c1-16(2,3)23-15(21)18-9-12(11-22-13(10-18)14(19)20)24-25(7,8)17(4,5)6/h12-13H,9-11H2,1-8H3,(H,19,20)/t12-,13+/m1/s1. The van der Waals surface area contributed by atoms with Gasteiger partial charge in [-0.3, -0.25) is 0 Å². The number of amides is 1. The first kappa shape index (κ1) is 21.9. The molecule has 146 valence electrons. The summed E-state index contributed by atoms with van der Waals surface area (Å²) < 4.78 is 17.2. The van der Waals surface area contributed by atoms with Gasteiger partial charge in [0.1, 0.15) is 5.60 Å². The summed E-state index contributed by atoms with van der Waals surface area (Å²) in [7, 11) is -2.08. The molecule has 0 unspecified atom stereocenters. The van der Waals surface area contributed by atoms with Crippen LogP contribution in [0.3, 0.4) is 0 Å². The second kappa shape index (κ2) is 7.63. The Bertz CT molecular complexity index is 494. The zero-order chi connectivity index (χ0) is 19.6. The SMILES string of the molecule is CC(C)(C)OC(=O)N1C[C@@H](O[Si](C)(C)C(C)(C)C)CO[C@H](C(=O)O)C1. The number of ether oxygens (including phenoxy) is 2. The first-order valence-electron chi connectivity index (χ1n) is 8.62. The molecule has 0 radical (unpaired) electrons. The van der Waals surface area contributed by atoms with Crippen molar-refractivity contribution in [3.05, 3.63) is 0 Å². The van der Waals surface area contributed by atoms with E-state index in [1.54, 1.807) is 20.8 Å². The molecule has 1 N–H and O–H groups in total. The van der Waals surface area contributed by atoms with E-state index < -0.39 is 32.1 Å². The number of hydrogen-bond acceptors (Lipinski definition) is 5. The number of aliphatic carboxylic acids is 1. The van der Waals surface area contributed by atoms with Crippen LogP contribution in [0.15, 0.2) is 0 Å². The van der Waals surface area contributed by atoms with Crippen LogP contribution in [-0.4, -0.2) is 67.9 Å². The highest BCUT2D eigenvalue weighted by atomic mass is 28.4. The van der Waals surface area contributed by atoms with Gasteiger partial charge in [-0.15, -0.1) is 0 Å². The van der Waals surface area contributed by atoms with Crippen molar-refractivity contribution < 1.29 is 28.6 Å². The fraction of sp³-hybridized carbons (Fsp3) is 0.882. The molecule has 7 nitrogen and oxygen atoms in total. The molecule has 1 saturated heterocycles. The van der Waals surface area contributed by atoms with Crippen molar-refractivity contribution in [3.63, 3.8) is 0 Å². The van der Waals surface area contributed by atoms with Gasteiger partial charge in [0.15, 0.2) is 14.4 Å². The average Bonchev–Trinajstić information content (AvgIpc) is 2.57. The fourth-order valence-corrected chi connectivity index (χ4v) is 3.47. The van der Waals surface area contributed by atoms with Crippen molar-refractivity contribution in [2.45, 2.75) is 77.5 Å². The van der Waals surface area contributed by atoms with Gasteiger partial charge in [-0.25, -0.2) is 9.59 Å². The third-order valence-electron chi connectivity index (χ3n) is 4.49. The van der Waals surface area contributed by atoms with E-state index in [2.05, 4.69) is 33.9 Å². The molecule has 1 rings (SSSR count). The highest BCUT2D eigenvalue weighted by Gasteiger charge is 2.41. The molecule has 8 heteroatoms. The van der Waals surface area contributed by atoms with Crippen LogP contribution in [0.2, 0.25) is 18.1 Å². The van der Waals surface area contributed by atoms with E-state index in [-0.39, 0.29) is 30.8 Å². The van der Waals surface area contributed by atoms with Crippen molar-refractivity contribution in [1.82, 2.24) is 4.90 Å². The van der Waals surface area contributed by atoms with Crippen molar-refractivity contribution in [3.8, 4) is 0 Å². The number of carbonyl (C=O) groups is 2. The summed E-state index contributed by atoms with van der Waals surface area (Å²) in [6.07, 6.45) is -2.01. The summed E-state index contributed by atoms with van der Waals surface area (Å²) in [5.74, 6) is -1.10. The quantitative estimate of drug-likeness (QED) is 0.763. The molecular formula is C17H33NO6Si. The van der Waals surface area contributed by atoms with Crippen LogP contribution in [0.1, 0.15) is 41.5 Å². The number of carboxylic acids is 1. The van der Waals surface area contributed by atoms with E-state index in [4.69, 9.17) is 13.9 Å². The second-order valence-electron chi connectivity index (χ2n) is 9.05. The second-order valence-corrected chi connectivity index (χ2v) is 13.8. The molecule has 1 heterocycles. The van der Waals surface area contributed by atoms with Crippen LogP contribution in [0.5, 0.6) is 0 Å². The predicted molar refractivity (Wildman–Crippen MR) is 97.3 cm³/mol. The maximum Gasteiger partial charge on any atom is 0.410 e. The van der Waals surface area contributed by atoms with E-state index in [1.165, 1.54) is 4.90 Å². The monoisotopic (exact) mass is 375 g/mol. The molecule has 1 aliphatic rings. The lowest BCUT2D eigenvalue weighted by Gasteiger charge is -2.39. The molecule has 0 spiro atoms. The molecule has 0 saturated carbocycles. The Balaban J connectivity index is 2.95. The van der Waals surface area contributed by atoms with Crippen LogP contribution in [0.4, 0.5) is 4.79 Å².